The lowest BCUT2D eigenvalue weighted by Crippen LogP contribution is -2.35. The van der Waals surface area contributed by atoms with Gasteiger partial charge in [-0.2, -0.15) is 18.3 Å². The molecule has 0 radical (unpaired) electrons. The summed E-state index contributed by atoms with van der Waals surface area (Å²) in [6, 6.07) is -0.707. The second-order valence-electron chi connectivity index (χ2n) is 4.61. The van der Waals surface area contributed by atoms with Crippen LogP contribution in [0.2, 0.25) is 0 Å². The quantitative estimate of drug-likeness (QED) is 0.926. The van der Waals surface area contributed by atoms with Gasteiger partial charge in [0, 0.05) is 19.2 Å². The van der Waals surface area contributed by atoms with Gasteiger partial charge in [0.2, 0.25) is 0 Å². The smallest absolute Gasteiger partial charge is 0.433 e. The summed E-state index contributed by atoms with van der Waals surface area (Å²) in [6.07, 6.45) is -2.19. The van der Waals surface area contributed by atoms with Crippen LogP contribution in [0.15, 0.2) is 6.20 Å². The van der Waals surface area contributed by atoms with Crippen LogP contribution >= 0.6 is 12.4 Å². The number of halogens is 4. The van der Waals surface area contributed by atoms with E-state index in [4.69, 9.17) is 5.11 Å². The van der Waals surface area contributed by atoms with Crippen LogP contribution in [0.25, 0.3) is 0 Å². The van der Waals surface area contributed by atoms with E-state index in [2.05, 4.69) is 5.10 Å². The van der Waals surface area contributed by atoms with E-state index in [0.29, 0.717) is 19.4 Å². The molecular weight excluding hydrogens is 299 g/mol. The molecule has 0 aliphatic carbocycles. The number of likely N-dealkylation sites (tertiary alicyclic amines) is 1. The molecule has 1 fully saturated rings. The molecule has 1 unspecified atom stereocenters. The topological polar surface area (TPSA) is 58.4 Å². The van der Waals surface area contributed by atoms with E-state index in [9.17, 15) is 18.0 Å². The summed E-state index contributed by atoms with van der Waals surface area (Å²) in [4.78, 5) is 12.6. The fourth-order valence-corrected chi connectivity index (χ4v) is 2.48. The number of aliphatic carboxylic acids is 1. The van der Waals surface area contributed by atoms with Gasteiger partial charge in [0.25, 0.3) is 0 Å². The number of carboxylic acid groups (broad SMARTS) is 1. The highest BCUT2D eigenvalue weighted by molar-refractivity contribution is 5.85. The molecule has 2 heterocycles. The Morgan fingerprint density at radius 1 is 1.55 bits per heavy atom. The van der Waals surface area contributed by atoms with Crippen molar-refractivity contribution in [3.05, 3.63) is 17.5 Å². The van der Waals surface area contributed by atoms with Crippen LogP contribution in [0.3, 0.4) is 0 Å². The van der Waals surface area contributed by atoms with Crippen LogP contribution in [-0.4, -0.2) is 38.3 Å². The van der Waals surface area contributed by atoms with Crippen LogP contribution < -0.4 is 0 Å². The maximum absolute atomic E-state index is 12.9. The third-order valence-corrected chi connectivity index (χ3v) is 3.31. The molecule has 1 aliphatic rings. The zero-order chi connectivity index (χ0) is 14.2. The molecule has 1 aromatic rings. The van der Waals surface area contributed by atoms with Crippen molar-refractivity contribution < 1.29 is 23.1 Å². The molecular formula is C11H15ClF3N3O2. The van der Waals surface area contributed by atoms with E-state index < -0.39 is 23.9 Å². The summed E-state index contributed by atoms with van der Waals surface area (Å²) >= 11 is 0. The average Bonchev–Trinajstić information content (AvgIpc) is 2.84. The van der Waals surface area contributed by atoms with E-state index in [-0.39, 0.29) is 24.5 Å². The number of rotatable bonds is 3. The first-order chi connectivity index (χ1) is 8.80. The molecule has 1 aliphatic heterocycles. The Morgan fingerprint density at radius 2 is 2.20 bits per heavy atom. The van der Waals surface area contributed by atoms with E-state index in [1.807, 2.05) is 0 Å². The fourth-order valence-electron chi connectivity index (χ4n) is 2.48. The summed E-state index contributed by atoms with van der Waals surface area (Å²) in [6.45, 7) is 0.447. The molecule has 0 aromatic carbocycles. The van der Waals surface area contributed by atoms with Crippen molar-refractivity contribution in [1.29, 1.82) is 0 Å². The Balaban J connectivity index is 0.00000200. The molecule has 1 aromatic heterocycles. The van der Waals surface area contributed by atoms with E-state index in [1.165, 1.54) is 7.05 Å². The van der Waals surface area contributed by atoms with Gasteiger partial charge in [-0.25, -0.2) is 0 Å². The lowest BCUT2D eigenvalue weighted by molar-refractivity contribution is -0.144. The molecule has 1 atom stereocenters. The van der Waals surface area contributed by atoms with Gasteiger partial charge in [0.15, 0.2) is 0 Å². The minimum atomic E-state index is -4.49. The number of hydrogen-bond donors (Lipinski definition) is 1. The molecule has 0 amide bonds. The van der Waals surface area contributed by atoms with Crippen LogP contribution in [0, 0.1) is 0 Å². The van der Waals surface area contributed by atoms with E-state index >= 15 is 0 Å². The summed E-state index contributed by atoms with van der Waals surface area (Å²) in [5.41, 5.74) is -0.799. The van der Waals surface area contributed by atoms with Crippen molar-refractivity contribution in [2.24, 2.45) is 7.05 Å². The van der Waals surface area contributed by atoms with Gasteiger partial charge in [-0.05, 0) is 19.4 Å². The van der Waals surface area contributed by atoms with Gasteiger partial charge < -0.3 is 5.11 Å². The number of carbonyl (C=O) groups is 1. The Morgan fingerprint density at radius 3 is 2.75 bits per heavy atom. The maximum Gasteiger partial charge on any atom is 0.433 e. The maximum atomic E-state index is 12.9. The van der Waals surface area contributed by atoms with Gasteiger partial charge in [-0.1, -0.05) is 0 Å². The first kappa shape index (κ1) is 16.8. The first-order valence-corrected chi connectivity index (χ1v) is 5.85. The SMILES string of the molecule is Cl.Cn1ncc(CN2CCCC2C(=O)O)c1C(F)(F)F. The van der Waals surface area contributed by atoms with Crippen LogP contribution in [0.5, 0.6) is 0 Å². The van der Waals surface area contributed by atoms with Crippen LogP contribution in [-0.2, 0) is 24.6 Å². The number of aromatic nitrogens is 2. The molecule has 9 heteroatoms. The number of alkyl halides is 3. The number of nitrogens with zero attached hydrogens (tertiary/aromatic N) is 3. The second-order valence-corrected chi connectivity index (χ2v) is 4.61. The molecule has 0 spiro atoms. The summed E-state index contributed by atoms with van der Waals surface area (Å²) in [7, 11) is 1.23. The summed E-state index contributed by atoms with van der Waals surface area (Å²) in [5, 5.41) is 12.6. The van der Waals surface area contributed by atoms with Gasteiger partial charge in [0.05, 0.1) is 6.20 Å². The Bertz CT molecular complexity index is 490. The monoisotopic (exact) mass is 313 g/mol. The van der Waals surface area contributed by atoms with Crippen molar-refractivity contribution in [2.45, 2.75) is 31.6 Å². The highest BCUT2D eigenvalue weighted by Gasteiger charge is 2.39. The lowest BCUT2D eigenvalue weighted by atomic mass is 10.2. The van der Waals surface area contributed by atoms with E-state index in [1.54, 1.807) is 4.90 Å². The van der Waals surface area contributed by atoms with Crippen molar-refractivity contribution in [3.8, 4) is 0 Å². The highest BCUT2D eigenvalue weighted by atomic mass is 35.5. The zero-order valence-corrected chi connectivity index (χ0v) is 11.5. The fraction of sp³-hybridized carbons (Fsp3) is 0.636. The standard InChI is InChI=1S/C11H14F3N3O2.ClH/c1-16-9(11(12,13)14)7(5-15-16)6-17-4-2-3-8(17)10(18)19;/h5,8H,2-4,6H2,1H3,(H,18,19);1H. The normalized spacial score (nSPS) is 19.9. The Kier molecular flexibility index (Phi) is 5.04. The van der Waals surface area contributed by atoms with Crippen molar-refractivity contribution in [3.63, 3.8) is 0 Å². The third kappa shape index (κ3) is 3.24. The van der Waals surface area contributed by atoms with E-state index in [0.717, 1.165) is 10.9 Å². The van der Waals surface area contributed by atoms with Gasteiger partial charge in [-0.15, -0.1) is 12.4 Å². The van der Waals surface area contributed by atoms with Crippen LogP contribution in [0.1, 0.15) is 24.1 Å². The molecule has 2 rings (SSSR count). The minimum Gasteiger partial charge on any atom is -0.480 e. The van der Waals surface area contributed by atoms with Crippen LogP contribution in [0.4, 0.5) is 13.2 Å². The Labute approximate surface area is 119 Å². The second kappa shape index (κ2) is 6.01. The van der Waals surface area contributed by atoms with Gasteiger partial charge >= 0.3 is 12.1 Å². The number of aryl methyl sites for hydroxylation is 1. The van der Waals surface area contributed by atoms with Gasteiger partial charge in [0.1, 0.15) is 11.7 Å². The molecule has 5 nitrogen and oxygen atoms in total. The highest BCUT2D eigenvalue weighted by Crippen LogP contribution is 2.33. The molecule has 0 bridgehead atoms. The number of hydrogen-bond acceptors (Lipinski definition) is 3. The van der Waals surface area contributed by atoms with Crippen molar-refractivity contribution in [1.82, 2.24) is 14.7 Å². The molecule has 20 heavy (non-hydrogen) atoms. The molecule has 1 N–H and O–H groups in total. The number of carboxylic acids is 1. The third-order valence-electron chi connectivity index (χ3n) is 3.31. The first-order valence-electron chi connectivity index (χ1n) is 5.85. The largest absolute Gasteiger partial charge is 0.480 e. The summed E-state index contributed by atoms with van der Waals surface area (Å²) < 4.78 is 39.4. The zero-order valence-electron chi connectivity index (χ0n) is 10.7. The van der Waals surface area contributed by atoms with Crippen molar-refractivity contribution in [2.75, 3.05) is 6.54 Å². The molecule has 1 saturated heterocycles. The minimum absolute atomic E-state index is 0. The lowest BCUT2D eigenvalue weighted by Gasteiger charge is -2.21. The predicted octanol–water partition coefficient (Wildman–Crippen LogP) is 1.91. The molecule has 114 valence electrons. The predicted molar refractivity (Wildman–Crippen MR) is 66.5 cm³/mol. The molecule has 0 saturated carbocycles. The average molecular weight is 314 g/mol. The summed E-state index contributed by atoms with van der Waals surface area (Å²) in [5.74, 6) is -0.991. The van der Waals surface area contributed by atoms with Gasteiger partial charge in [-0.3, -0.25) is 14.4 Å². The van der Waals surface area contributed by atoms with Crippen molar-refractivity contribution >= 4 is 18.4 Å². The Hall–Kier alpha value is -1.28.